The van der Waals surface area contributed by atoms with Crippen molar-refractivity contribution in [2.45, 2.75) is 13.0 Å². The molecule has 0 aromatic rings. The summed E-state index contributed by atoms with van der Waals surface area (Å²) in [4.78, 5) is 40.6. The van der Waals surface area contributed by atoms with Gasteiger partial charge in [0.1, 0.15) is 0 Å². The third-order valence-corrected chi connectivity index (χ3v) is 4.53. The molecule has 0 radical (unpaired) electrons. The molecule has 0 aromatic carbocycles. The van der Waals surface area contributed by atoms with E-state index in [1.165, 1.54) is 0 Å². The Kier molecular flexibility index (Phi) is 14.7. The molecule has 164 valence electrons. The van der Waals surface area contributed by atoms with Crippen LogP contribution >= 0.6 is 0 Å². The molecule has 4 N–H and O–H groups in total. The second kappa shape index (κ2) is 15.1. The van der Waals surface area contributed by atoms with Crippen LogP contribution in [0.5, 0.6) is 0 Å². The molecule has 0 bridgehead atoms. The van der Waals surface area contributed by atoms with E-state index in [4.69, 9.17) is 15.3 Å². The van der Waals surface area contributed by atoms with Crippen molar-refractivity contribution in [3.63, 3.8) is 0 Å². The van der Waals surface area contributed by atoms with Gasteiger partial charge in [0.2, 0.25) is 0 Å². The summed E-state index contributed by atoms with van der Waals surface area (Å²) in [5.41, 5.74) is 0. The minimum absolute atomic E-state index is 0. The molecular weight excluding hydrogens is 395 g/mol. The third kappa shape index (κ3) is 13.9. The van der Waals surface area contributed by atoms with Gasteiger partial charge in [-0.05, 0) is 6.92 Å². The van der Waals surface area contributed by atoms with Crippen molar-refractivity contribution >= 4 is 47.5 Å². The van der Waals surface area contributed by atoms with Crippen LogP contribution in [0.15, 0.2) is 0 Å². The van der Waals surface area contributed by atoms with Gasteiger partial charge in [-0.2, -0.15) is 0 Å². The van der Waals surface area contributed by atoms with Gasteiger partial charge in [0, 0.05) is 58.9 Å². The fourth-order valence-corrected chi connectivity index (χ4v) is 3.18. The Morgan fingerprint density at radius 1 is 0.655 bits per heavy atom. The van der Waals surface area contributed by atoms with E-state index in [2.05, 4.69) is 0 Å². The Morgan fingerprint density at radius 3 is 1.10 bits per heavy atom. The maximum atomic E-state index is 11.1. The van der Waals surface area contributed by atoms with Gasteiger partial charge in [0.05, 0.1) is 25.7 Å². The zero-order valence-electron chi connectivity index (χ0n) is 16.4. The number of β-amino-alcohol motifs (C(OH)–C–C–N with tert-alkyl or cyclic N) is 1. The van der Waals surface area contributed by atoms with Crippen LogP contribution in [0.3, 0.4) is 0 Å². The molecule has 11 nitrogen and oxygen atoms in total. The third-order valence-electron chi connectivity index (χ3n) is 4.53. The Balaban J connectivity index is 0.00000784. The first kappa shape index (κ1) is 28.2. The number of aliphatic hydroxyl groups excluding tert-OH is 1. The number of rotatable bonds is 8. The van der Waals surface area contributed by atoms with E-state index in [-0.39, 0.29) is 49.2 Å². The first-order valence-electron chi connectivity index (χ1n) is 9.38. The fourth-order valence-electron chi connectivity index (χ4n) is 3.18. The van der Waals surface area contributed by atoms with E-state index >= 15 is 0 Å². The normalized spacial score (nSPS) is 20.1. The Hall–Kier alpha value is -0.790. The van der Waals surface area contributed by atoms with Crippen LogP contribution in [-0.2, 0) is 14.4 Å². The molecule has 1 unspecified atom stereocenters. The van der Waals surface area contributed by atoms with Crippen molar-refractivity contribution in [2.24, 2.45) is 0 Å². The quantitative estimate of drug-likeness (QED) is 0.297. The van der Waals surface area contributed by atoms with Crippen LogP contribution in [0.4, 0.5) is 0 Å². The zero-order chi connectivity index (χ0) is 21.1. The Labute approximate surface area is 193 Å². The molecule has 12 heteroatoms. The van der Waals surface area contributed by atoms with Gasteiger partial charge in [-0.1, -0.05) is 0 Å². The van der Waals surface area contributed by atoms with E-state index < -0.39 is 24.0 Å². The Bertz CT molecular complexity index is 492. The summed E-state index contributed by atoms with van der Waals surface area (Å²) < 4.78 is 0. The summed E-state index contributed by atoms with van der Waals surface area (Å²) in [6, 6.07) is 0. The van der Waals surface area contributed by atoms with Crippen LogP contribution < -0.4 is 0 Å². The summed E-state index contributed by atoms with van der Waals surface area (Å²) in [6.45, 7) is 5.10. The van der Waals surface area contributed by atoms with Crippen molar-refractivity contribution in [1.29, 1.82) is 0 Å². The van der Waals surface area contributed by atoms with Crippen molar-refractivity contribution < 1.29 is 34.8 Å². The molecule has 1 aliphatic rings. The number of aliphatic carboxylic acids is 3. The van der Waals surface area contributed by atoms with Gasteiger partial charge in [0.15, 0.2) is 0 Å². The molecule has 1 heterocycles. The first-order valence-corrected chi connectivity index (χ1v) is 9.38. The predicted octanol–water partition coefficient (Wildman–Crippen LogP) is -2.81. The predicted molar refractivity (Wildman–Crippen MR) is 107 cm³/mol. The molecule has 0 aliphatic carbocycles. The van der Waals surface area contributed by atoms with Gasteiger partial charge in [0.25, 0.3) is 0 Å². The van der Waals surface area contributed by atoms with Gasteiger partial charge < -0.3 is 20.4 Å². The maximum absolute atomic E-state index is 11.1. The van der Waals surface area contributed by atoms with Crippen molar-refractivity contribution in [3.8, 4) is 0 Å². The number of carbonyl (C=O) groups is 3. The molecule has 29 heavy (non-hydrogen) atoms. The number of nitrogens with zero attached hydrogens (tertiary/aromatic N) is 4. The van der Waals surface area contributed by atoms with Crippen molar-refractivity contribution in [2.75, 3.05) is 78.5 Å². The van der Waals surface area contributed by atoms with Gasteiger partial charge in [-0.3, -0.25) is 34.0 Å². The molecule has 1 rings (SSSR count). The summed E-state index contributed by atoms with van der Waals surface area (Å²) >= 11 is 0. The summed E-state index contributed by atoms with van der Waals surface area (Å²) in [5.74, 6) is -2.89. The van der Waals surface area contributed by atoms with E-state index in [1.807, 2.05) is 4.90 Å². The van der Waals surface area contributed by atoms with E-state index in [0.717, 1.165) is 0 Å². The second-order valence-electron chi connectivity index (χ2n) is 7.16. The standard InChI is InChI=1S/C17H32N4O7.Na.H/c1-14(22)10-18-2-4-19(11-15(23)24)6-8-21(13-17(27)28)9-7-20(5-3-18)12-16(25)26;;/h14,22H,2-13H2,1H3,(H,23,24)(H,25,26)(H,27,28);;. The molecule has 0 amide bonds. The monoisotopic (exact) mass is 428 g/mol. The van der Waals surface area contributed by atoms with Crippen LogP contribution in [0.25, 0.3) is 0 Å². The average molecular weight is 428 g/mol. The second-order valence-corrected chi connectivity index (χ2v) is 7.16. The molecule has 1 aliphatic heterocycles. The van der Waals surface area contributed by atoms with Gasteiger partial charge >= 0.3 is 47.5 Å². The van der Waals surface area contributed by atoms with Gasteiger partial charge in [-0.15, -0.1) is 0 Å². The molecule has 1 atom stereocenters. The number of carboxylic acid groups (broad SMARTS) is 3. The van der Waals surface area contributed by atoms with E-state index in [9.17, 15) is 19.5 Å². The fraction of sp³-hybridized carbons (Fsp3) is 0.824. The zero-order valence-corrected chi connectivity index (χ0v) is 16.4. The summed E-state index contributed by atoms with van der Waals surface area (Å²) in [6.07, 6.45) is -0.556. The summed E-state index contributed by atoms with van der Waals surface area (Å²) in [5, 5.41) is 37.1. The summed E-state index contributed by atoms with van der Waals surface area (Å²) in [7, 11) is 0. The average Bonchev–Trinajstić information content (AvgIpc) is 2.55. The molecule has 0 aromatic heterocycles. The number of hydrogen-bond acceptors (Lipinski definition) is 8. The van der Waals surface area contributed by atoms with Crippen LogP contribution in [-0.4, -0.2) is 172 Å². The van der Waals surface area contributed by atoms with Crippen LogP contribution in [0.2, 0.25) is 0 Å². The molecule has 0 spiro atoms. The Morgan fingerprint density at radius 2 is 0.897 bits per heavy atom. The number of aliphatic hydroxyl groups is 1. The van der Waals surface area contributed by atoms with Crippen molar-refractivity contribution in [1.82, 2.24) is 19.6 Å². The van der Waals surface area contributed by atoms with Crippen molar-refractivity contribution in [3.05, 3.63) is 0 Å². The molecule has 0 saturated carbocycles. The SMILES string of the molecule is CC(O)CN1CCN(CC(=O)O)CCN(CC(=O)O)CCN(CC(=O)O)CC1.[NaH]. The van der Waals surface area contributed by atoms with E-state index in [1.54, 1.807) is 21.6 Å². The van der Waals surface area contributed by atoms with Gasteiger partial charge in [-0.25, -0.2) is 0 Å². The number of hydrogen-bond donors (Lipinski definition) is 4. The molecule has 1 saturated heterocycles. The topological polar surface area (TPSA) is 145 Å². The van der Waals surface area contributed by atoms with E-state index in [0.29, 0.717) is 58.9 Å². The molecular formula is C17H33N4NaO7. The minimum atomic E-state index is -0.982. The first-order chi connectivity index (χ1) is 13.2. The van der Waals surface area contributed by atoms with Crippen LogP contribution in [0.1, 0.15) is 6.92 Å². The molecule has 1 fully saturated rings. The van der Waals surface area contributed by atoms with Crippen LogP contribution in [0, 0.1) is 0 Å². The number of carboxylic acids is 3.